The Kier molecular flexibility index (Phi) is 5.79. The van der Waals surface area contributed by atoms with Crippen LogP contribution in [0.2, 0.25) is 0 Å². The molecule has 0 aromatic carbocycles. The molecule has 20 heavy (non-hydrogen) atoms. The topological polar surface area (TPSA) is 78.7 Å². The number of primary amides is 1. The second-order valence-electron chi connectivity index (χ2n) is 5.70. The molecule has 1 atom stereocenters. The van der Waals surface area contributed by atoms with E-state index in [1.807, 2.05) is 4.90 Å². The summed E-state index contributed by atoms with van der Waals surface area (Å²) in [6, 6.07) is -0.454. The van der Waals surface area contributed by atoms with Crippen molar-refractivity contribution in [3.63, 3.8) is 0 Å². The Morgan fingerprint density at radius 3 is 2.45 bits per heavy atom. The Bertz CT molecular complexity index is 334. The third-order valence-corrected chi connectivity index (χ3v) is 4.22. The summed E-state index contributed by atoms with van der Waals surface area (Å²) in [5.41, 5.74) is 5.52. The lowest BCUT2D eigenvalue weighted by molar-refractivity contribution is -0.137. The fourth-order valence-electron chi connectivity index (χ4n) is 3.03. The maximum atomic E-state index is 12.3. The number of piperidine rings is 1. The fourth-order valence-corrected chi connectivity index (χ4v) is 3.03. The summed E-state index contributed by atoms with van der Waals surface area (Å²) in [5, 5.41) is 3.30. The minimum atomic E-state index is -0.454. The Hall–Kier alpha value is -1.14. The van der Waals surface area contributed by atoms with Crippen molar-refractivity contribution < 1.29 is 9.59 Å². The van der Waals surface area contributed by atoms with Crippen LogP contribution in [0.5, 0.6) is 0 Å². The molecule has 2 heterocycles. The average molecular weight is 282 g/mol. The molecule has 2 saturated heterocycles. The minimum absolute atomic E-state index is 0.0747. The third-order valence-electron chi connectivity index (χ3n) is 4.22. The van der Waals surface area contributed by atoms with Crippen molar-refractivity contribution >= 4 is 11.8 Å². The zero-order valence-corrected chi connectivity index (χ0v) is 12.1. The molecule has 2 aliphatic rings. The van der Waals surface area contributed by atoms with Gasteiger partial charge in [-0.2, -0.15) is 0 Å². The fraction of sp³-hybridized carbons (Fsp3) is 0.857. The zero-order valence-electron chi connectivity index (χ0n) is 12.1. The number of hydrogen-bond donors (Lipinski definition) is 2. The molecule has 2 aliphatic heterocycles. The molecular weight excluding hydrogens is 256 g/mol. The molecule has 0 spiro atoms. The highest BCUT2D eigenvalue weighted by Crippen LogP contribution is 2.13. The largest absolute Gasteiger partial charge is 0.368 e. The highest BCUT2D eigenvalue weighted by Gasteiger charge is 2.29. The first kappa shape index (κ1) is 15.3. The number of amides is 2. The summed E-state index contributed by atoms with van der Waals surface area (Å²) in [7, 11) is 0. The van der Waals surface area contributed by atoms with Crippen molar-refractivity contribution in [2.45, 2.75) is 38.1 Å². The summed E-state index contributed by atoms with van der Waals surface area (Å²) in [6.45, 7) is 5.07. The molecule has 0 bridgehead atoms. The van der Waals surface area contributed by atoms with Crippen LogP contribution in [0.25, 0.3) is 0 Å². The van der Waals surface area contributed by atoms with E-state index in [0.29, 0.717) is 0 Å². The summed E-state index contributed by atoms with van der Waals surface area (Å²) in [5.74, 6) is -0.303. The monoisotopic (exact) mass is 282 g/mol. The first-order valence-corrected chi connectivity index (χ1v) is 7.70. The molecule has 3 N–H and O–H groups in total. The van der Waals surface area contributed by atoms with Crippen molar-refractivity contribution in [3.8, 4) is 0 Å². The Morgan fingerprint density at radius 1 is 1.00 bits per heavy atom. The molecule has 6 nitrogen and oxygen atoms in total. The van der Waals surface area contributed by atoms with Crippen molar-refractivity contribution in [1.82, 2.24) is 15.1 Å². The van der Waals surface area contributed by atoms with Gasteiger partial charge in [0, 0.05) is 32.7 Å². The number of nitrogens with two attached hydrogens (primary N) is 1. The molecule has 6 heteroatoms. The lowest BCUT2D eigenvalue weighted by Gasteiger charge is -2.31. The molecular formula is C14H26N4O2. The van der Waals surface area contributed by atoms with E-state index in [1.165, 1.54) is 6.42 Å². The molecule has 2 rings (SSSR count). The summed E-state index contributed by atoms with van der Waals surface area (Å²) < 4.78 is 0. The Labute approximate surface area is 120 Å². The second-order valence-corrected chi connectivity index (χ2v) is 5.70. The predicted octanol–water partition coefficient (Wildman–Crippen LogP) is -0.462. The lowest BCUT2D eigenvalue weighted by atomic mass is 10.1. The minimum Gasteiger partial charge on any atom is -0.368 e. The number of rotatable bonds is 4. The van der Waals surface area contributed by atoms with Gasteiger partial charge in [-0.3, -0.25) is 14.5 Å². The maximum Gasteiger partial charge on any atom is 0.235 e. The van der Waals surface area contributed by atoms with Gasteiger partial charge in [-0.1, -0.05) is 0 Å². The quantitative estimate of drug-likeness (QED) is 0.731. The van der Waals surface area contributed by atoms with Crippen LogP contribution in [0, 0.1) is 0 Å². The van der Waals surface area contributed by atoms with Gasteiger partial charge >= 0.3 is 0 Å². The van der Waals surface area contributed by atoms with E-state index in [0.717, 1.165) is 58.5 Å². The highest BCUT2D eigenvalue weighted by atomic mass is 16.2. The zero-order chi connectivity index (χ0) is 14.4. The Balaban J connectivity index is 1.93. The number of carbonyl (C=O) groups excluding carboxylic acids is 2. The van der Waals surface area contributed by atoms with Gasteiger partial charge in [0.1, 0.15) is 0 Å². The van der Waals surface area contributed by atoms with E-state index in [4.69, 9.17) is 5.73 Å². The van der Waals surface area contributed by atoms with Gasteiger partial charge in [-0.15, -0.1) is 0 Å². The number of hydrogen-bond acceptors (Lipinski definition) is 4. The van der Waals surface area contributed by atoms with Crippen LogP contribution >= 0.6 is 0 Å². The van der Waals surface area contributed by atoms with Crippen LogP contribution in [0.1, 0.15) is 32.1 Å². The average Bonchev–Trinajstić information content (AvgIpc) is 2.74. The summed E-state index contributed by atoms with van der Waals surface area (Å²) in [6.07, 6.45) is 4.55. The van der Waals surface area contributed by atoms with E-state index in [1.54, 1.807) is 0 Å². The van der Waals surface area contributed by atoms with Crippen molar-refractivity contribution in [2.24, 2.45) is 5.73 Å². The highest BCUT2D eigenvalue weighted by molar-refractivity contribution is 5.87. The first-order chi connectivity index (χ1) is 9.68. The van der Waals surface area contributed by atoms with Crippen molar-refractivity contribution in [3.05, 3.63) is 0 Å². The van der Waals surface area contributed by atoms with Crippen LogP contribution in [-0.2, 0) is 9.59 Å². The molecule has 0 aromatic rings. The third kappa shape index (κ3) is 4.18. The van der Waals surface area contributed by atoms with E-state index < -0.39 is 6.04 Å². The van der Waals surface area contributed by atoms with E-state index in [2.05, 4.69) is 10.2 Å². The lowest BCUT2D eigenvalue weighted by Crippen LogP contribution is -2.49. The van der Waals surface area contributed by atoms with Crippen LogP contribution in [0.15, 0.2) is 0 Å². The first-order valence-electron chi connectivity index (χ1n) is 7.70. The maximum absolute atomic E-state index is 12.3. The normalized spacial score (nSPS) is 23.1. The molecule has 0 aliphatic carbocycles. The molecule has 0 aromatic heterocycles. The molecule has 0 saturated carbocycles. The van der Waals surface area contributed by atoms with E-state index >= 15 is 0 Å². The van der Waals surface area contributed by atoms with E-state index in [-0.39, 0.29) is 18.2 Å². The van der Waals surface area contributed by atoms with Crippen LogP contribution in [0.3, 0.4) is 0 Å². The van der Waals surface area contributed by atoms with Crippen LogP contribution < -0.4 is 11.1 Å². The number of nitrogens with one attached hydrogen (secondary N) is 1. The molecule has 114 valence electrons. The molecule has 1 unspecified atom stereocenters. The Morgan fingerprint density at radius 2 is 1.75 bits per heavy atom. The van der Waals surface area contributed by atoms with Crippen molar-refractivity contribution in [1.29, 1.82) is 0 Å². The van der Waals surface area contributed by atoms with Gasteiger partial charge in [0.05, 0.1) is 12.5 Å². The molecule has 2 amide bonds. The SMILES string of the molecule is NC(=O)C(CC(=O)N1CCCCC1)N1CCCNCC1. The summed E-state index contributed by atoms with van der Waals surface area (Å²) >= 11 is 0. The van der Waals surface area contributed by atoms with Gasteiger partial charge in [-0.05, 0) is 32.2 Å². The van der Waals surface area contributed by atoms with Gasteiger partial charge in [-0.25, -0.2) is 0 Å². The smallest absolute Gasteiger partial charge is 0.235 e. The van der Waals surface area contributed by atoms with Crippen molar-refractivity contribution in [2.75, 3.05) is 39.3 Å². The molecule has 0 radical (unpaired) electrons. The number of likely N-dealkylation sites (tertiary alicyclic amines) is 1. The van der Waals surface area contributed by atoms with Crippen LogP contribution in [-0.4, -0.2) is 66.9 Å². The number of nitrogens with zero attached hydrogens (tertiary/aromatic N) is 2. The van der Waals surface area contributed by atoms with Gasteiger partial charge in [0.15, 0.2) is 0 Å². The van der Waals surface area contributed by atoms with E-state index in [9.17, 15) is 9.59 Å². The molecule has 2 fully saturated rings. The number of carbonyl (C=O) groups is 2. The second kappa shape index (κ2) is 7.59. The van der Waals surface area contributed by atoms with Gasteiger partial charge in [0.25, 0.3) is 0 Å². The predicted molar refractivity (Wildman–Crippen MR) is 77.1 cm³/mol. The standard InChI is InChI=1S/C14H26N4O2/c15-14(20)12(17-9-4-5-16-6-10-17)11-13(19)18-7-2-1-3-8-18/h12,16H,1-11H2,(H2,15,20). The van der Waals surface area contributed by atoms with Gasteiger partial charge < -0.3 is 16.0 Å². The van der Waals surface area contributed by atoms with Gasteiger partial charge in [0.2, 0.25) is 11.8 Å². The summed E-state index contributed by atoms with van der Waals surface area (Å²) in [4.78, 5) is 28.0. The van der Waals surface area contributed by atoms with Crippen LogP contribution in [0.4, 0.5) is 0 Å².